The highest BCUT2D eigenvalue weighted by Gasteiger charge is 2.10. The number of nitrogens with zero attached hydrogens (tertiary/aromatic N) is 1. The van der Waals surface area contributed by atoms with E-state index in [0.717, 1.165) is 0 Å². The fourth-order valence-electron chi connectivity index (χ4n) is 1.76. The van der Waals surface area contributed by atoms with Crippen molar-refractivity contribution in [1.29, 1.82) is 5.26 Å². The number of rotatable bonds is 2. The van der Waals surface area contributed by atoms with Gasteiger partial charge in [0.2, 0.25) is 0 Å². The van der Waals surface area contributed by atoms with Crippen LogP contribution in [0.4, 0.5) is 10.1 Å². The molecule has 2 aromatic carbocycles. The molecule has 20 heavy (non-hydrogen) atoms. The average Bonchev–Trinajstić information content (AvgIpc) is 2.38. The van der Waals surface area contributed by atoms with Crippen molar-refractivity contribution in [3.63, 3.8) is 0 Å². The molecule has 2 aromatic rings. The minimum atomic E-state index is -0.388. The molecule has 100 valence electrons. The maximum Gasteiger partial charge on any atom is 0.255 e. The third kappa shape index (κ3) is 2.95. The first kappa shape index (κ1) is 14.0. The van der Waals surface area contributed by atoms with Crippen LogP contribution in [0.5, 0.6) is 0 Å². The topological polar surface area (TPSA) is 52.9 Å². The van der Waals surface area contributed by atoms with Gasteiger partial charge in [0.1, 0.15) is 11.9 Å². The molecule has 0 saturated heterocycles. The standard InChI is InChI=1S/C15H10ClFN2O/c1-9-6-11(17)3-5-13(9)15(20)19-12-4-2-10(8-18)14(16)7-12/h2-7H,1H3,(H,19,20). The molecular weight excluding hydrogens is 279 g/mol. The van der Waals surface area contributed by atoms with Crippen LogP contribution in [0.3, 0.4) is 0 Å². The van der Waals surface area contributed by atoms with Gasteiger partial charge >= 0.3 is 0 Å². The summed E-state index contributed by atoms with van der Waals surface area (Å²) in [6.45, 7) is 1.66. The quantitative estimate of drug-likeness (QED) is 0.911. The number of nitriles is 1. The predicted molar refractivity (Wildman–Crippen MR) is 75.3 cm³/mol. The number of hydrogen-bond acceptors (Lipinski definition) is 2. The molecule has 5 heteroatoms. The van der Waals surface area contributed by atoms with Gasteiger partial charge in [0.15, 0.2) is 0 Å². The van der Waals surface area contributed by atoms with Crippen LogP contribution in [0.15, 0.2) is 36.4 Å². The zero-order valence-electron chi connectivity index (χ0n) is 10.6. The van der Waals surface area contributed by atoms with E-state index < -0.39 is 0 Å². The second-order valence-electron chi connectivity index (χ2n) is 4.22. The third-order valence-electron chi connectivity index (χ3n) is 2.78. The molecule has 0 aliphatic heterocycles. The first-order chi connectivity index (χ1) is 9.51. The Labute approximate surface area is 120 Å². The molecule has 0 unspecified atom stereocenters. The Hall–Kier alpha value is -2.38. The molecule has 0 atom stereocenters. The highest BCUT2D eigenvalue weighted by molar-refractivity contribution is 6.32. The number of benzene rings is 2. The van der Waals surface area contributed by atoms with Gasteiger partial charge in [-0.25, -0.2) is 4.39 Å². The summed E-state index contributed by atoms with van der Waals surface area (Å²) >= 11 is 5.89. The molecule has 0 aromatic heterocycles. The Morgan fingerprint density at radius 1 is 1.30 bits per heavy atom. The SMILES string of the molecule is Cc1cc(F)ccc1C(=O)Nc1ccc(C#N)c(Cl)c1. The van der Waals surface area contributed by atoms with Crippen molar-refractivity contribution in [3.8, 4) is 6.07 Å². The van der Waals surface area contributed by atoms with E-state index in [1.54, 1.807) is 13.0 Å². The minimum Gasteiger partial charge on any atom is -0.322 e. The third-order valence-corrected chi connectivity index (χ3v) is 3.09. The maximum absolute atomic E-state index is 13.0. The van der Waals surface area contributed by atoms with Gasteiger partial charge in [0, 0.05) is 11.3 Å². The maximum atomic E-state index is 13.0. The smallest absolute Gasteiger partial charge is 0.255 e. The van der Waals surface area contributed by atoms with E-state index in [-0.39, 0.29) is 16.7 Å². The summed E-state index contributed by atoms with van der Waals surface area (Å²) in [7, 11) is 0. The number of nitrogens with one attached hydrogen (secondary N) is 1. The lowest BCUT2D eigenvalue weighted by Crippen LogP contribution is -2.13. The molecule has 0 fully saturated rings. The lowest BCUT2D eigenvalue weighted by molar-refractivity contribution is 0.102. The van der Waals surface area contributed by atoms with Crippen LogP contribution in [0.25, 0.3) is 0 Å². The van der Waals surface area contributed by atoms with E-state index in [9.17, 15) is 9.18 Å². The number of aryl methyl sites for hydroxylation is 1. The Morgan fingerprint density at radius 3 is 2.65 bits per heavy atom. The van der Waals surface area contributed by atoms with Crippen LogP contribution in [-0.4, -0.2) is 5.91 Å². The van der Waals surface area contributed by atoms with Crippen LogP contribution in [0.1, 0.15) is 21.5 Å². The van der Waals surface area contributed by atoms with Gasteiger partial charge in [0.05, 0.1) is 10.6 Å². The normalized spacial score (nSPS) is 9.90. The van der Waals surface area contributed by atoms with Gasteiger partial charge in [-0.2, -0.15) is 5.26 Å². The average molecular weight is 289 g/mol. The molecule has 1 N–H and O–H groups in total. The van der Waals surface area contributed by atoms with Crippen molar-refractivity contribution in [2.75, 3.05) is 5.32 Å². The van der Waals surface area contributed by atoms with Crippen molar-refractivity contribution >= 4 is 23.2 Å². The Balaban J connectivity index is 2.24. The van der Waals surface area contributed by atoms with Crippen molar-refractivity contribution in [3.05, 3.63) is 63.9 Å². The number of amides is 1. The van der Waals surface area contributed by atoms with Crippen molar-refractivity contribution in [2.45, 2.75) is 6.92 Å². The molecule has 0 bridgehead atoms. The summed E-state index contributed by atoms with van der Waals surface area (Å²) in [5.41, 5.74) is 1.74. The lowest BCUT2D eigenvalue weighted by Gasteiger charge is -2.08. The molecular formula is C15H10ClFN2O. The first-order valence-electron chi connectivity index (χ1n) is 5.78. The Bertz CT molecular complexity index is 722. The van der Waals surface area contributed by atoms with Crippen LogP contribution >= 0.6 is 11.6 Å². The number of carbonyl (C=O) groups excluding carboxylic acids is 1. The van der Waals surface area contributed by atoms with Gasteiger partial charge in [-0.15, -0.1) is 0 Å². The van der Waals surface area contributed by atoms with E-state index in [0.29, 0.717) is 22.4 Å². The minimum absolute atomic E-state index is 0.265. The molecule has 0 saturated carbocycles. The van der Waals surface area contributed by atoms with Gasteiger partial charge in [-0.3, -0.25) is 4.79 Å². The number of halogens is 2. The number of hydrogen-bond donors (Lipinski definition) is 1. The fourth-order valence-corrected chi connectivity index (χ4v) is 1.99. The van der Waals surface area contributed by atoms with Gasteiger partial charge < -0.3 is 5.32 Å². The predicted octanol–water partition coefficient (Wildman–Crippen LogP) is 3.91. The summed E-state index contributed by atoms with van der Waals surface area (Å²) in [6.07, 6.45) is 0. The lowest BCUT2D eigenvalue weighted by atomic mass is 10.1. The molecule has 0 radical (unpaired) electrons. The highest BCUT2D eigenvalue weighted by atomic mass is 35.5. The first-order valence-corrected chi connectivity index (χ1v) is 6.16. The summed E-state index contributed by atoms with van der Waals surface area (Å²) in [5.74, 6) is -0.747. The zero-order valence-corrected chi connectivity index (χ0v) is 11.3. The van der Waals surface area contributed by atoms with Crippen LogP contribution in [-0.2, 0) is 0 Å². The molecule has 1 amide bonds. The molecule has 0 heterocycles. The molecule has 0 spiro atoms. The molecule has 0 aliphatic carbocycles. The summed E-state index contributed by atoms with van der Waals surface area (Å²) < 4.78 is 13.0. The van der Waals surface area contributed by atoms with E-state index in [1.807, 2.05) is 6.07 Å². The van der Waals surface area contributed by atoms with Crippen molar-refractivity contribution in [2.24, 2.45) is 0 Å². The van der Waals surface area contributed by atoms with Crippen molar-refractivity contribution < 1.29 is 9.18 Å². The largest absolute Gasteiger partial charge is 0.322 e. The fraction of sp³-hybridized carbons (Fsp3) is 0.0667. The van der Waals surface area contributed by atoms with E-state index in [4.69, 9.17) is 16.9 Å². The summed E-state index contributed by atoms with van der Waals surface area (Å²) in [5, 5.41) is 11.7. The summed E-state index contributed by atoms with van der Waals surface area (Å²) in [6, 6.07) is 10.5. The van der Waals surface area contributed by atoms with Crippen LogP contribution in [0.2, 0.25) is 5.02 Å². The van der Waals surface area contributed by atoms with Gasteiger partial charge in [-0.1, -0.05) is 11.6 Å². The molecule has 2 rings (SSSR count). The highest BCUT2D eigenvalue weighted by Crippen LogP contribution is 2.21. The van der Waals surface area contributed by atoms with E-state index >= 15 is 0 Å². The molecule has 0 aliphatic rings. The van der Waals surface area contributed by atoms with Crippen LogP contribution in [0, 0.1) is 24.1 Å². The Kier molecular flexibility index (Phi) is 4.02. The van der Waals surface area contributed by atoms with Gasteiger partial charge in [-0.05, 0) is 48.9 Å². The van der Waals surface area contributed by atoms with Crippen molar-refractivity contribution in [1.82, 2.24) is 0 Å². The van der Waals surface area contributed by atoms with Gasteiger partial charge in [0.25, 0.3) is 5.91 Å². The van der Waals surface area contributed by atoms with E-state index in [1.165, 1.54) is 30.3 Å². The van der Waals surface area contributed by atoms with Crippen LogP contribution < -0.4 is 5.32 Å². The molecule has 3 nitrogen and oxygen atoms in total. The number of anilines is 1. The summed E-state index contributed by atoms with van der Waals surface area (Å²) in [4.78, 5) is 12.1. The second kappa shape index (κ2) is 5.72. The zero-order chi connectivity index (χ0) is 14.7. The van der Waals surface area contributed by atoms with E-state index in [2.05, 4.69) is 5.32 Å². The number of carbonyl (C=O) groups is 1. The monoisotopic (exact) mass is 288 g/mol. The second-order valence-corrected chi connectivity index (χ2v) is 4.63. The Morgan fingerprint density at radius 2 is 2.05 bits per heavy atom.